The van der Waals surface area contributed by atoms with E-state index in [1.54, 1.807) is 30.3 Å². The van der Waals surface area contributed by atoms with Gasteiger partial charge in [-0.05, 0) is 58.3 Å². The molecule has 3 rings (SSSR count). The van der Waals surface area contributed by atoms with Gasteiger partial charge in [0.05, 0.1) is 37.5 Å². The van der Waals surface area contributed by atoms with Gasteiger partial charge in [-0.1, -0.05) is 23.7 Å². The monoisotopic (exact) mass is 502 g/mol. The molecule has 0 aromatic heterocycles. The second-order valence-corrected chi connectivity index (χ2v) is 8.72. The van der Waals surface area contributed by atoms with Crippen molar-refractivity contribution < 1.29 is 28.9 Å². The fraction of sp³-hybridized carbons (Fsp3) is 0.385. The van der Waals surface area contributed by atoms with E-state index < -0.39 is 17.7 Å². The number of aliphatic hydroxyl groups is 1. The van der Waals surface area contributed by atoms with Gasteiger partial charge in [-0.3, -0.25) is 9.59 Å². The molecule has 2 aromatic rings. The zero-order chi connectivity index (χ0) is 25.7. The molecule has 0 spiro atoms. The average molecular weight is 503 g/mol. The Balaban J connectivity index is 2.19. The zero-order valence-electron chi connectivity index (χ0n) is 20.6. The summed E-state index contributed by atoms with van der Waals surface area (Å²) in [5.41, 5.74) is 0.803. The first-order chi connectivity index (χ1) is 16.7. The number of rotatable bonds is 10. The first-order valence-corrected chi connectivity index (χ1v) is 11.7. The quantitative estimate of drug-likeness (QED) is 0.297. The molecule has 1 heterocycles. The number of ether oxygens (including phenoxy) is 3. The van der Waals surface area contributed by atoms with E-state index in [1.807, 2.05) is 25.9 Å². The molecule has 0 unspecified atom stereocenters. The number of amides is 1. The second-order valence-electron chi connectivity index (χ2n) is 8.31. The molecular formula is C26H31ClN2O6. The number of methoxy groups -OCH3 is 2. The topological polar surface area (TPSA) is 88.5 Å². The molecule has 0 bridgehead atoms. The highest BCUT2D eigenvalue weighted by Crippen LogP contribution is 2.45. The van der Waals surface area contributed by atoms with Crippen LogP contribution >= 0.6 is 11.6 Å². The number of hydrogen-bond donors (Lipinski definition) is 1. The van der Waals surface area contributed by atoms with Gasteiger partial charge in [-0.2, -0.15) is 0 Å². The van der Waals surface area contributed by atoms with Crippen LogP contribution in [0.1, 0.15) is 30.5 Å². The summed E-state index contributed by atoms with van der Waals surface area (Å²) in [4.78, 5) is 29.9. The first-order valence-electron chi connectivity index (χ1n) is 11.3. The minimum absolute atomic E-state index is 0.0355. The lowest BCUT2D eigenvalue weighted by molar-refractivity contribution is -0.140. The number of nitrogens with zero attached hydrogens (tertiary/aromatic N) is 2. The first kappa shape index (κ1) is 26.4. The number of carbonyl (C=O) groups is 2. The third kappa shape index (κ3) is 5.39. The second kappa shape index (κ2) is 11.5. The summed E-state index contributed by atoms with van der Waals surface area (Å²) in [7, 11) is 6.88. The Bertz CT molecular complexity index is 1130. The van der Waals surface area contributed by atoms with E-state index in [0.29, 0.717) is 47.9 Å². The van der Waals surface area contributed by atoms with Crippen LogP contribution < -0.4 is 14.2 Å². The molecule has 1 aliphatic heterocycles. The molecule has 1 fully saturated rings. The van der Waals surface area contributed by atoms with E-state index in [9.17, 15) is 14.7 Å². The van der Waals surface area contributed by atoms with E-state index in [-0.39, 0.29) is 16.4 Å². The van der Waals surface area contributed by atoms with Crippen LogP contribution in [0.25, 0.3) is 5.76 Å². The van der Waals surface area contributed by atoms with E-state index in [0.717, 1.165) is 6.54 Å². The molecule has 1 N–H and O–H groups in total. The Morgan fingerprint density at radius 1 is 1.11 bits per heavy atom. The molecule has 1 atom stereocenters. The van der Waals surface area contributed by atoms with Gasteiger partial charge in [0.2, 0.25) is 0 Å². The van der Waals surface area contributed by atoms with Crippen molar-refractivity contribution in [3.05, 3.63) is 58.1 Å². The predicted octanol–water partition coefficient (Wildman–Crippen LogP) is 4.13. The highest BCUT2D eigenvalue weighted by molar-refractivity contribution is 6.46. The summed E-state index contributed by atoms with van der Waals surface area (Å²) in [6, 6.07) is 9.11. The Morgan fingerprint density at radius 2 is 1.86 bits per heavy atom. The third-order valence-electron chi connectivity index (χ3n) is 5.78. The summed E-state index contributed by atoms with van der Waals surface area (Å²) in [5.74, 6) is -0.480. The van der Waals surface area contributed by atoms with Crippen molar-refractivity contribution in [3.63, 3.8) is 0 Å². The largest absolute Gasteiger partial charge is 0.507 e. The van der Waals surface area contributed by atoms with Gasteiger partial charge in [0, 0.05) is 17.7 Å². The predicted molar refractivity (Wildman–Crippen MR) is 134 cm³/mol. The van der Waals surface area contributed by atoms with Crippen molar-refractivity contribution in [2.45, 2.75) is 19.4 Å². The molecule has 2 aromatic carbocycles. The highest BCUT2D eigenvalue weighted by atomic mass is 35.5. The van der Waals surface area contributed by atoms with Crippen LogP contribution in [0.2, 0.25) is 5.02 Å². The SMILES string of the molecule is CCOc1ccc(C(O)=C2C(=O)C(=O)N(CCCN(C)C)[C@@H]2c2cccc(OC)c2OC)cc1Cl. The molecule has 8 nitrogen and oxygen atoms in total. The van der Waals surface area contributed by atoms with E-state index in [2.05, 4.69) is 0 Å². The Kier molecular flexibility index (Phi) is 8.64. The van der Waals surface area contributed by atoms with Crippen molar-refractivity contribution in [2.24, 2.45) is 0 Å². The number of Topliss-reactive ketones (excluding diaryl/α,β-unsaturated/α-hetero) is 1. The standard InChI is InChI=1S/C26H31ClN2O6/c1-6-35-19-12-11-16(15-18(19)27)23(30)21-22(17-9-7-10-20(33-4)25(17)34-5)29(26(32)24(21)31)14-8-13-28(2)3/h7,9-12,15,22,30H,6,8,13-14H2,1-5H3/t22-/m1/s1. The lowest BCUT2D eigenvalue weighted by atomic mass is 9.94. The van der Waals surface area contributed by atoms with Gasteiger partial charge in [0.15, 0.2) is 11.5 Å². The van der Waals surface area contributed by atoms with Crippen LogP contribution in [0.3, 0.4) is 0 Å². The Labute approximate surface area is 210 Å². The van der Waals surface area contributed by atoms with Crippen LogP contribution in [0, 0.1) is 0 Å². The molecular weight excluding hydrogens is 472 g/mol. The van der Waals surface area contributed by atoms with Crippen LogP contribution in [0.5, 0.6) is 17.2 Å². The molecule has 1 aliphatic rings. The van der Waals surface area contributed by atoms with Gasteiger partial charge in [-0.25, -0.2) is 0 Å². The number of para-hydroxylation sites is 1. The lowest BCUT2D eigenvalue weighted by Crippen LogP contribution is -2.32. The maximum Gasteiger partial charge on any atom is 0.295 e. The Morgan fingerprint density at radius 3 is 2.46 bits per heavy atom. The molecule has 1 amide bonds. The van der Waals surface area contributed by atoms with Gasteiger partial charge < -0.3 is 29.1 Å². The summed E-state index contributed by atoms with van der Waals surface area (Å²) < 4.78 is 16.5. The normalized spacial score (nSPS) is 17.2. The van der Waals surface area contributed by atoms with Crippen molar-refractivity contribution in [3.8, 4) is 17.2 Å². The summed E-state index contributed by atoms with van der Waals surface area (Å²) in [6.07, 6.45) is 0.637. The molecule has 0 saturated carbocycles. The summed E-state index contributed by atoms with van der Waals surface area (Å²) >= 11 is 6.33. The molecule has 35 heavy (non-hydrogen) atoms. The van der Waals surface area contributed by atoms with Gasteiger partial charge >= 0.3 is 0 Å². The average Bonchev–Trinajstić information content (AvgIpc) is 3.09. The number of ketones is 1. The number of aliphatic hydroxyl groups excluding tert-OH is 1. The fourth-order valence-electron chi connectivity index (χ4n) is 4.19. The third-order valence-corrected chi connectivity index (χ3v) is 6.07. The number of likely N-dealkylation sites (tertiary alicyclic amines) is 1. The van der Waals surface area contributed by atoms with Crippen LogP contribution in [0.4, 0.5) is 0 Å². The van der Waals surface area contributed by atoms with Crippen molar-refractivity contribution in [1.29, 1.82) is 0 Å². The summed E-state index contributed by atoms with van der Waals surface area (Å²) in [6.45, 7) is 3.30. The lowest BCUT2D eigenvalue weighted by Gasteiger charge is -2.27. The summed E-state index contributed by atoms with van der Waals surface area (Å²) in [5, 5.41) is 11.6. The van der Waals surface area contributed by atoms with E-state index >= 15 is 0 Å². The Hall–Kier alpha value is -3.23. The molecule has 9 heteroatoms. The zero-order valence-corrected chi connectivity index (χ0v) is 21.4. The van der Waals surface area contributed by atoms with E-state index in [1.165, 1.54) is 25.2 Å². The van der Waals surface area contributed by atoms with Gasteiger partial charge in [0.25, 0.3) is 11.7 Å². The fourth-order valence-corrected chi connectivity index (χ4v) is 4.43. The van der Waals surface area contributed by atoms with Crippen LogP contribution in [-0.2, 0) is 9.59 Å². The molecule has 1 saturated heterocycles. The molecule has 0 aliphatic carbocycles. The number of hydrogen-bond acceptors (Lipinski definition) is 7. The maximum absolute atomic E-state index is 13.3. The number of carbonyl (C=O) groups excluding carboxylic acids is 2. The number of halogens is 1. The maximum atomic E-state index is 13.3. The minimum Gasteiger partial charge on any atom is -0.507 e. The molecule has 188 valence electrons. The smallest absolute Gasteiger partial charge is 0.295 e. The minimum atomic E-state index is -0.868. The highest BCUT2D eigenvalue weighted by Gasteiger charge is 2.47. The van der Waals surface area contributed by atoms with Gasteiger partial charge in [0.1, 0.15) is 11.5 Å². The van der Waals surface area contributed by atoms with E-state index in [4.69, 9.17) is 25.8 Å². The van der Waals surface area contributed by atoms with Crippen molar-refractivity contribution in [1.82, 2.24) is 9.80 Å². The van der Waals surface area contributed by atoms with Crippen molar-refractivity contribution >= 4 is 29.1 Å². The van der Waals surface area contributed by atoms with Gasteiger partial charge in [-0.15, -0.1) is 0 Å². The van der Waals surface area contributed by atoms with Crippen molar-refractivity contribution in [2.75, 3.05) is 48.0 Å². The number of benzene rings is 2. The molecule has 0 radical (unpaired) electrons. The van der Waals surface area contributed by atoms with Crippen LogP contribution in [0.15, 0.2) is 42.0 Å². The van der Waals surface area contributed by atoms with Crippen LogP contribution in [-0.4, -0.2) is 74.6 Å².